The van der Waals surface area contributed by atoms with Crippen LogP contribution in [0.5, 0.6) is 0 Å². The minimum Gasteiger partial charge on any atom is -0.309 e. The van der Waals surface area contributed by atoms with E-state index in [1.54, 1.807) is 7.05 Å². The summed E-state index contributed by atoms with van der Waals surface area (Å²) in [5.41, 5.74) is 0.185. The van der Waals surface area contributed by atoms with Crippen LogP contribution >= 0.6 is 16.1 Å². The highest BCUT2D eigenvalue weighted by Crippen LogP contribution is 2.21. The Morgan fingerprint density at radius 3 is 2.45 bits per heavy atom. The number of rotatable bonds is 1. The molecule has 0 unspecified atom stereocenters. The summed E-state index contributed by atoms with van der Waals surface area (Å²) in [6.07, 6.45) is 0. The zero-order chi connectivity index (χ0) is 8.43. The standard InChI is InChI=1S/C7H6BrF2N/c1-11(8)6-4-2-3-5(9)7(6)10/h2-4H,1H3. The second-order valence-corrected chi connectivity index (χ2v) is 3.11. The Hall–Kier alpha value is -0.640. The molecule has 1 nitrogen and oxygen atoms in total. The van der Waals surface area contributed by atoms with Gasteiger partial charge >= 0.3 is 0 Å². The zero-order valence-corrected chi connectivity index (χ0v) is 7.40. The van der Waals surface area contributed by atoms with Crippen molar-refractivity contribution in [2.45, 2.75) is 0 Å². The third-order valence-corrected chi connectivity index (χ3v) is 1.65. The van der Waals surface area contributed by atoms with Crippen molar-refractivity contribution in [2.75, 3.05) is 11.0 Å². The fraction of sp³-hybridized carbons (Fsp3) is 0.143. The van der Waals surface area contributed by atoms with Gasteiger partial charge in [-0.2, -0.15) is 0 Å². The van der Waals surface area contributed by atoms with Crippen LogP contribution in [0.3, 0.4) is 0 Å². The van der Waals surface area contributed by atoms with E-state index >= 15 is 0 Å². The van der Waals surface area contributed by atoms with Gasteiger partial charge in [-0.3, -0.25) is 0 Å². The lowest BCUT2D eigenvalue weighted by Crippen LogP contribution is -2.03. The van der Waals surface area contributed by atoms with Crippen LogP contribution in [0.1, 0.15) is 0 Å². The third-order valence-electron chi connectivity index (χ3n) is 1.26. The molecule has 0 heterocycles. The summed E-state index contributed by atoms with van der Waals surface area (Å²) < 4.78 is 26.7. The Morgan fingerprint density at radius 2 is 2.00 bits per heavy atom. The molecule has 0 aliphatic carbocycles. The lowest BCUT2D eigenvalue weighted by molar-refractivity contribution is 0.510. The van der Waals surface area contributed by atoms with E-state index in [1.807, 2.05) is 0 Å². The van der Waals surface area contributed by atoms with Crippen molar-refractivity contribution in [1.82, 2.24) is 0 Å². The Morgan fingerprint density at radius 1 is 1.36 bits per heavy atom. The minimum atomic E-state index is -0.841. The van der Waals surface area contributed by atoms with Gasteiger partial charge in [-0.15, -0.1) is 0 Å². The van der Waals surface area contributed by atoms with Gasteiger partial charge in [0.1, 0.15) is 0 Å². The smallest absolute Gasteiger partial charge is 0.182 e. The van der Waals surface area contributed by atoms with Crippen LogP contribution in [0.15, 0.2) is 18.2 Å². The summed E-state index contributed by atoms with van der Waals surface area (Å²) in [4.78, 5) is 0. The first-order valence-corrected chi connectivity index (χ1v) is 3.67. The molecule has 0 aliphatic heterocycles. The first-order chi connectivity index (χ1) is 5.13. The molecular weight excluding hydrogens is 216 g/mol. The van der Waals surface area contributed by atoms with Gasteiger partial charge in [0.05, 0.1) is 5.69 Å². The van der Waals surface area contributed by atoms with Crippen molar-refractivity contribution in [3.8, 4) is 0 Å². The summed E-state index contributed by atoms with van der Waals surface area (Å²) >= 11 is 2.99. The molecule has 60 valence electrons. The first-order valence-electron chi connectivity index (χ1n) is 2.96. The quantitative estimate of drug-likeness (QED) is 0.660. The Bertz CT molecular complexity index is 263. The topological polar surface area (TPSA) is 3.24 Å². The van der Waals surface area contributed by atoms with E-state index in [-0.39, 0.29) is 5.69 Å². The fourth-order valence-corrected chi connectivity index (χ4v) is 1.00. The van der Waals surface area contributed by atoms with Crippen LogP contribution in [0.4, 0.5) is 14.5 Å². The van der Waals surface area contributed by atoms with Gasteiger partial charge in [-0.1, -0.05) is 6.07 Å². The average Bonchev–Trinajstić information content (AvgIpc) is 1.94. The predicted octanol–water partition coefficient (Wildman–Crippen LogP) is 2.71. The molecular formula is C7H6BrF2N. The van der Waals surface area contributed by atoms with Crippen molar-refractivity contribution in [3.63, 3.8) is 0 Å². The van der Waals surface area contributed by atoms with Gasteiger partial charge < -0.3 is 3.93 Å². The molecule has 1 aromatic rings. The maximum Gasteiger partial charge on any atom is 0.182 e. The van der Waals surface area contributed by atoms with Gasteiger partial charge in [0, 0.05) is 23.2 Å². The molecule has 0 radical (unpaired) electrons. The highest BCUT2D eigenvalue weighted by Gasteiger charge is 2.08. The molecule has 0 amide bonds. The third kappa shape index (κ3) is 1.68. The van der Waals surface area contributed by atoms with Crippen LogP contribution in [-0.4, -0.2) is 7.05 Å². The van der Waals surface area contributed by atoms with Crippen LogP contribution in [0.2, 0.25) is 0 Å². The molecule has 0 N–H and O–H groups in total. The normalized spacial score (nSPS) is 9.82. The summed E-state index contributed by atoms with van der Waals surface area (Å²) in [5.74, 6) is -1.68. The molecule has 0 bridgehead atoms. The Kier molecular flexibility index (Phi) is 2.44. The van der Waals surface area contributed by atoms with Crippen LogP contribution in [0, 0.1) is 11.6 Å². The second-order valence-electron chi connectivity index (χ2n) is 2.05. The number of nitrogens with zero attached hydrogens (tertiary/aromatic N) is 1. The van der Waals surface area contributed by atoms with Crippen molar-refractivity contribution < 1.29 is 8.78 Å². The van der Waals surface area contributed by atoms with Crippen molar-refractivity contribution in [1.29, 1.82) is 0 Å². The number of halogens is 3. The molecule has 4 heteroatoms. The lowest BCUT2D eigenvalue weighted by Gasteiger charge is -2.09. The van der Waals surface area contributed by atoms with E-state index in [9.17, 15) is 8.78 Å². The maximum atomic E-state index is 12.8. The molecule has 0 atom stereocenters. The number of anilines is 1. The van der Waals surface area contributed by atoms with E-state index in [0.29, 0.717) is 0 Å². The molecule has 0 aliphatic rings. The molecule has 0 spiro atoms. The average molecular weight is 222 g/mol. The minimum absolute atomic E-state index is 0.185. The van der Waals surface area contributed by atoms with E-state index in [0.717, 1.165) is 6.07 Å². The number of hydrogen-bond acceptors (Lipinski definition) is 1. The van der Waals surface area contributed by atoms with Crippen molar-refractivity contribution >= 4 is 21.8 Å². The second kappa shape index (κ2) is 3.17. The van der Waals surface area contributed by atoms with Crippen molar-refractivity contribution in [3.05, 3.63) is 29.8 Å². The molecule has 0 aromatic heterocycles. The largest absolute Gasteiger partial charge is 0.309 e. The van der Waals surface area contributed by atoms with E-state index in [4.69, 9.17) is 0 Å². The Balaban J connectivity index is 3.17. The molecule has 0 saturated carbocycles. The lowest BCUT2D eigenvalue weighted by atomic mass is 10.3. The fourth-order valence-electron chi connectivity index (χ4n) is 0.730. The van der Waals surface area contributed by atoms with Gasteiger partial charge in [-0.25, -0.2) is 8.78 Å². The van der Waals surface area contributed by atoms with Crippen molar-refractivity contribution in [2.24, 2.45) is 0 Å². The molecule has 1 aromatic carbocycles. The summed E-state index contributed by atoms with van der Waals surface area (Å²) in [5, 5.41) is 0. The summed E-state index contributed by atoms with van der Waals surface area (Å²) in [6, 6.07) is 4.01. The SMILES string of the molecule is CN(Br)c1cccc(F)c1F. The monoisotopic (exact) mass is 221 g/mol. The van der Waals surface area contributed by atoms with E-state index < -0.39 is 11.6 Å². The van der Waals surface area contributed by atoms with Crippen LogP contribution in [-0.2, 0) is 0 Å². The molecule has 11 heavy (non-hydrogen) atoms. The predicted molar refractivity (Wildman–Crippen MR) is 43.7 cm³/mol. The molecule has 1 rings (SSSR count). The first kappa shape index (κ1) is 8.46. The van der Waals surface area contributed by atoms with Gasteiger partial charge in [-0.05, 0) is 12.1 Å². The van der Waals surface area contributed by atoms with E-state index in [1.165, 1.54) is 16.1 Å². The Labute approximate surface area is 72.0 Å². The van der Waals surface area contributed by atoms with Gasteiger partial charge in [0.2, 0.25) is 0 Å². The number of hydrogen-bond donors (Lipinski definition) is 0. The molecule has 0 fully saturated rings. The van der Waals surface area contributed by atoms with Gasteiger partial charge in [0.25, 0.3) is 0 Å². The van der Waals surface area contributed by atoms with E-state index in [2.05, 4.69) is 16.1 Å². The highest BCUT2D eigenvalue weighted by atomic mass is 79.9. The van der Waals surface area contributed by atoms with Crippen LogP contribution < -0.4 is 3.93 Å². The number of benzene rings is 1. The maximum absolute atomic E-state index is 12.8. The van der Waals surface area contributed by atoms with Gasteiger partial charge in [0.15, 0.2) is 11.6 Å². The molecule has 0 saturated heterocycles. The summed E-state index contributed by atoms with van der Waals surface area (Å²) in [6.45, 7) is 0. The highest BCUT2D eigenvalue weighted by molar-refractivity contribution is 9.10. The van der Waals surface area contributed by atoms with Crippen LogP contribution in [0.25, 0.3) is 0 Å². The summed E-state index contributed by atoms with van der Waals surface area (Å²) in [7, 11) is 1.58. The zero-order valence-electron chi connectivity index (χ0n) is 5.81.